The van der Waals surface area contributed by atoms with E-state index < -0.39 is 28.9 Å². The van der Waals surface area contributed by atoms with Crippen LogP contribution in [0.15, 0.2) is 12.1 Å². The fourth-order valence-corrected chi connectivity index (χ4v) is 2.55. The zero-order valence-corrected chi connectivity index (χ0v) is 13.3. The predicted octanol–water partition coefficient (Wildman–Crippen LogP) is 2.89. The maximum atomic E-state index is 13.5. The zero-order valence-electron chi connectivity index (χ0n) is 13.3. The molecule has 1 unspecified atom stereocenters. The van der Waals surface area contributed by atoms with Crippen LogP contribution in [-0.4, -0.2) is 23.8 Å². The Labute approximate surface area is 129 Å². The van der Waals surface area contributed by atoms with Crippen molar-refractivity contribution in [2.24, 2.45) is 0 Å². The Morgan fingerprint density at radius 2 is 1.86 bits per heavy atom. The molecule has 1 aliphatic rings. The van der Waals surface area contributed by atoms with Crippen molar-refractivity contribution >= 4 is 6.09 Å². The van der Waals surface area contributed by atoms with Gasteiger partial charge in [0.15, 0.2) is 11.6 Å². The fourth-order valence-electron chi connectivity index (χ4n) is 2.55. The van der Waals surface area contributed by atoms with Crippen LogP contribution in [0, 0.1) is 11.6 Å². The van der Waals surface area contributed by atoms with Crippen LogP contribution in [0.4, 0.5) is 13.6 Å². The molecule has 6 heteroatoms. The molecule has 0 aromatic heterocycles. The van der Waals surface area contributed by atoms with E-state index in [1.165, 1.54) is 12.1 Å². The number of rotatable bonds is 1. The number of nitrogens with one attached hydrogen (secondary N) is 2. The van der Waals surface area contributed by atoms with Crippen molar-refractivity contribution in [3.63, 3.8) is 0 Å². The molecule has 2 N–H and O–H groups in total. The largest absolute Gasteiger partial charge is 0.444 e. The lowest BCUT2D eigenvalue weighted by atomic mass is 9.92. The average Bonchev–Trinajstić information content (AvgIpc) is 2.46. The Kier molecular flexibility index (Phi) is 4.42. The van der Waals surface area contributed by atoms with Crippen LogP contribution in [0.3, 0.4) is 0 Å². The summed E-state index contributed by atoms with van der Waals surface area (Å²) in [6.45, 7) is 8.11. The van der Waals surface area contributed by atoms with Gasteiger partial charge in [-0.15, -0.1) is 0 Å². The van der Waals surface area contributed by atoms with Gasteiger partial charge in [-0.25, -0.2) is 13.6 Å². The van der Waals surface area contributed by atoms with Crippen LogP contribution in [0.1, 0.15) is 38.8 Å². The minimum atomic E-state index is -0.875. The lowest BCUT2D eigenvalue weighted by molar-refractivity contribution is 0.0464. The maximum absolute atomic E-state index is 13.5. The summed E-state index contributed by atoms with van der Waals surface area (Å²) in [6, 6.07) is 2.41. The standard InChI is InChI=1S/C16H22F2N2O2/c1-15(2,3)22-14(21)20-16(4)7-10-5-12(17)13(18)6-11(10)8-19-9-16/h5-6,19H,7-9H2,1-4H3,(H,20,21). The first-order valence-corrected chi connectivity index (χ1v) is 7.27. The second-order valence-electron chi connectivity index (χ2n) is 7.00. The van der Waals surface area contributed by atoms with Crippen molar-refractivity contribution in [1.29, 1.82) is 0 Å². The Morgan fingerprint density at radius 3 is 2.45 bits per heavy atom. The average molecular weight is 312 g/mol. The van der Waals surface area contributed by atoms with Crippen LogP contribution in [-0.2, 0) is 17.7 Å². The number of hydrogen-bond donors (Lipinski definition) is 2. The Balaban J connectivity index is 2.18. The third kappa shape index (κ3) is 4.16. The third-order valence-corrected chi connectivity index (χ3v) is 3.46. The van der Waals surface area contributed by atoms with E-state index in [0.717, 1.165) is 0 Å². The van der Waals surface area contributed by atoms with E-state index in [2.05, 4.69) is 10.6 Å². The lowest BCUT2D eigenvalue weighted by Gasteiger charge is -2.31. The number of amides is 1. The second kappa shape index (κ2) is 5.83. The third-order valence-electron chi connectivity index (χ3n) is 3.46. The highest BCUT2D eigenvalue weighted by Gasteiger charge is 2.32. The first kappa shape index (κ1) is 16.7. The van der Waals surface area contributed by atoms with Gasteiger partial charge in [-0.05, 0) is 57.4 Å². The van der Waals surface area contributed by atoms with Crippen molar-refractivity contribution in [1.82, 2.24) is 10.6 Å². The SMILES string of the molecule is CC1(NC(=O)OC(C)(C)C)CNCc2cc(F)c(F)cc2C1. The first-order chi connectivity index (χ1) is 10.1. The van der Waals surface area contributed by atoms with E-state index in [9.17, 15) is 13.6 Å². The summed E-state index contributed by atoms with van der Waals surface area (Å²) in [4.78, 5) is 12.0. The van der Waals surface area contributed by atoms with Gasteiger partial charge in [-0.3, -0.25) is 0 Å². The van der Waals surface area contributed by atoms with Gasteiger partial charge in [0.05, 0.1) is 5.54 Å². The monoisotopic (exact) mass is 312 g/mol. The molecule has 1 aromatic rings. The zero-order chi connectivity index (χ0) is 16.5. The van der Waals surface area contributed by atoms with Crippen LogP contribution < -0.4 is 10.6 Å². The minimum Gasteiger partial charge on any atom is -0.444 e. The fraction of sp³-hybridized carbons (Fsp3) is 0.562. The van der Waals surface area contributed by atoms with E-state index in [4.69, 9.17) is 4.74 Å². The number of carbonyl (C=O) groups excluding carboxylic acids is 1. The van der Waals surface area contributed by atoms with Crippen molar-refractivity contribution in [2.45, 2.75) is 51.8 Å². The van der Waals surface area contributed by atoms with Crippen molar-refractivity contribution in [3.8, 4) is 0 Å². The lowest BCUT2D eigenvalue weighted by Crippen LogP contribution is -2.54. The molecule has 0 fully saturated rings. The molecule has 2 rings (SSSR count). The van der Waals surface area contributed by atoms with Crippen LogP contribution in [0.2, 0.25) is 0 Å². The van der Waals surface area contributed by atoms with E-state index in [0.29, 0.717) is 30.6 Å². The molecule has 1 atom stereocenters. The van der Waals surface area contributed by atoms with E-state index >= 15 is 0 Å². The van der Waals surface area contributed by atoms with Gasteiger partial charge in [-0.2, -0.15) is 0 Å². The number of fused-ring (bicyclic) bond motifs is 1. The number of halogens is 2. The summed E-state index contributed by atoms with van der Waals surface area (Å²) in [5.41, 5.74) is 0.153. The van der Waals surface area contributed by atoms with Crippen LogP contribution in [0.5, 0.6) is 0 Å². The summed E-state index contributed by atoms with van der Waals surface area (Å²) in [7, 11) is 0. The van der Waals surface area contributed by atoms with Gasteiger partial charge >= 0.3 is 6.09 Å². The normalized spacial score (nSPS) is 21.7. The molecule has 0 saturated heterocycles. The number of carbonyl (C=O) groups is 1. The van der Waals surface area contributed by atoms with E-state index in [-0.39, 0.29) is 0 Å². The van der Waals surface area contributed by atoms with E-state index in [1.807, 2.05) is 6.92 Å². The van der Waals surface area contributed by atoms with Crippen molar-refractivity contribution < 1.29 is 18.3 Å². The molecule has 0 bridgehead atoms. The summed E-state index contributed by atoms with van der Waals surface area (Å²) in [5.74, 6) is -1.73. The number of ether oxygens (including phenoxy) is 1. The predicted molar refractivity (Wildman–Crippen MR) is 79.5 cm³/mol. The van der Waals surface area contributed by atoms with E-state index in [1.54, 1.807) is 20.8 Å². The number of hydrogen-bond acceptors (Lipinski definition) is 3. The highest BCUT2D eigenvalue weighted by Crippen LogP contribution is 2.23. The van der Waals surface area contributed by atoms with Gasteiger partial charge in [0.25, 0.3) is 0 Å². The highest BCUT2D eigenvalue weighted by atomic mass is 19.2. The summed E-state index contributed by atoms with van der Waals surface area (Å²) in [6.07, 6.45) is -0.131. The number of benzene rings is 1. The molecule has 4 nitrogen and oxygen atoms in total. The molecule has 1 amide bonds. The second-order valence-corrected chi connectivity index (χ2v) is 7.00. The van der Waals surface area contributed by atoms with Crippen LogP contribution >= 0.6 is 0 Å². The molecule has 122 valence electrons. The molecular formula is C16H22F2N2O2. The Morgan fingerprint density at radius 1 is 1.27 bits per heavy atom. The van der Waals surface area contributed by atoms with Gasteiger partial charge in [-0.1, -0.05) is 0 Å². The molecule has 0 radical (unpaired) electrons. The summed E-state index contributed by atoms with van der Waals surface area (Å²) in [5, 5.41) is 5.98. The number of alkyl carbamates (subject to hydrolysis) is 1. The van der Waals surface area contributed by atoms with Crippen LogP contribution in [0.25, 0.3) is 0 Å². The molecule has 0 saturated carbocycles. The van der Waals surface area contributed by atoms with Crippen molar-refractivity contribution in [2.75, 3.05) is 6.54 Å². The molecular weight excluding hydrogens is 290 g/mol. The molecule has 1 heterocycles. The molecule has 0 spiro atoms. The first-order valence-electron chi connectivity index (χ1n) is 7.27. The molecule has 22 heavy (non-hydrogen) atoms. The van der Waals surface area contributed by atoms with Crippen molar-refractivity contribution in [3.05, 3.63) is 34.9 Å². The minimum absolute atomic E-state index is 0.395. The van der Waals surface area contributed by atoms with Gasteiger partial charge in [0.1, 0.15) is 5.60 Å². The topological polar surface area (TPSA) is 50.4 Å². The van der Waals surface area contributed by atoms with Gasteiger partial charge in [0.2, 0.25) is 0 Å². The van der Waals surface area contributed by atoms with Gasteiger partial charge < -0.3 is 15.4 Å². The highest BCUT2D eigenvalue weighted by molar-refractivity contribution is 5.69. The Bertz CT molecular complexity index is 584. The molecule has 1 aromatic carbocycles. The Hall–Kier alpha value is -1.69. The molecule has 0 aliphatic carbocycles. The summed E-state index contributed by atoms with van der Waals surface area (Å²) < 4.78 is 32.1. The molecule has 1 aliphatic heterocycles. The summed E-state index contributed by atoms with van der Waals surface area (Å²) >= 11 is 0. The maximum Gasteiger partial charge on any atom is 0.408 e. The van der Waals surface area contributed by atoms with Gasteiger partial charge in [0, 0.05) is 13.1 Å². The quantitative estimate of drug-likeness (QED) is 0.838. The smallest absolute Gasteiger partial charge is 0.408 e.